The number of benzene rings is 1. The van der Waals surface area contributed by atoms with Crippen LogP contribution < -0.4 is 0 Å². The van der Waals surface area contributed by atoms with Crippen LogP contribution in [0.5, 0.6) is 0 Å². The number of aromatic nitrogens is 1. The van der Waals surface area contributed by atoms with E-state index in [1.54, 1.807) is 12.3 Å². The monoisotopic (exact) mass is 353 g/mol. The molecule has 4 rings (SSSR count). The van der Waals surface area contributed by atoms with Crippen molar-refractivity contribution >= 4 is 23.0 Å². The lowest BCUT2D eigenvalue weighted by atomic mass is 9.81. The van der Waals surface area contributed by atoms with Crippen molar-refractivity contribution in [3.05, 3.63) is 58.4 Å². The number of hydrogen-bond acceptors (Lipinski definition) is 3. The minimum Gasteiger partial charge on any atom is -0.511 e. The summed E-state index contributed by atoms with van der Waals surface area (Å²) < 4.78 is 0. The van der Waals surface area contributed by atoms with Crippen molar-refractivity contribution in [1.82, 2.24) is 4.98 Å². The number of fused-ring (bicyclic) bond motifs is 2. The number of aliphatic hydroxyl groups excluding tert-OH is 1. The van der Waals surface area contributed by atoms with E-state index in [1.807, 2.05) is 24.3 Å². The van der Waals surface area contributed by atoms with Gasteiger partial charge >= 0.3 is 0 Å². The fourth-order valence-corrected chi connectivity index (χ4v) is 4.21. The van der Waals surface area contributed by atoms with Crippen molar-refractivity contribution in [3.8, 4) is 11.3 Å². The van der Waals surface area contributed by atoms with Crippen molar-refractivity contribution < 1.29 is 9.90 Å². The molecule has 0 aliphatic heterocycles. The van der Waals surface area contributed by atoms with Gasteiger partial charge in [-0.3, -0.25) is 9.78 Å². The first-order valence-electron chi connectivity index (χ1n) is 8.81. The molecule has 0 spiro atoms. The van der Waals surface area contributed by atoms with Crippen LogP contribution in [0.4, 0.5) is 0 Å². The summed E-state index contributed by atoms with van der Waals surface area (Å²) in [4.78, 5) is 17.3. The Labute approximate surface area is 152 Å². The Bertz CT molecular complexity index is 870. The number of nitrogens with zero attached hydrogens (tertiary/aromatic N) is 1. The van der Waals surface area contributed by atoms with Crippen molar-refractivity contribution in [2.24, 2.45) is 11.8 Å². The molecule has 2 aliphatic carbocycles. The van der Waals surface area contributed by atoms with Gasteiger partial charge in [0.05, 0.1) is 16.3 Å². The molecule has 128 valence electrons. The van der Waals surface area contributed by atoms with Gasteiger partial charge < -0.3 is 5.11 Å². The maximum Gasteiger partial charge on any atom is 0.169 e. The number of aryl methyl sites for hydroxylation is 1. The zero-order valence-corrected chi connectivity index (χ0v) is 14.9. The van der Waals surface area contributed by atoms with Crippen LogP contribution in [-0.4, -0.2) is 15.9 Å². The molecule has 0 unspecified atom stereocenters. The summed E-state index contributed by atoms with van der Waals surface area (Å²) in [6.07, 6.45) is 5.02. The fraction of sp³-hybridized carbons (Fsp3) is 0.333. The first-order chi connectivity index (χ1) is 12.1. The normalized spacial score (nSPS) is 22.6. The van der Waals surface area contributed by atoms with Gasteiger partial charge in [0.25, 0.3) is 0 Å². The van der Waals surface area contributed by atoms with Gasteiger partial charge in [0.1, 0.15) is 5.76 Å². The number of carbonyl (C=O) groups excluding carboxylic acids is 1. The number of hydrogen-bond donors (Lipinski definition) is 1. The lowest BCUT2D eigenvalue weighted by Crippen LogP contribution is -2.22. The van der Waals surface area contributed by atoms with Crippen LogP contribution in [0.2, 0.25) is 5.02 Å². The first-order valence-corrected chi connectivity index (χ1v) is 9.18. The SMILES string of the molecule is CCc1ccc(-c2ccc(Cl)cn2)cc1C1=C(O)[C@@H]2CC[C@@H](C2)C1=O. The van der Waals surface area contributed by atoms with E-state index in [9.17, 15) is 9.90 Å². The molecule has 1 aromatic carbocycles. The maximum absolute atomic E-state index is 12.9. The molecule has 25 heavy (non-hydrogen) atoms. The molecule has 0 radical (unpaired) electrons. The number of halogens is 1. The number of allylic oxidation sites excluding steroid dienone is 2. The Morgan fingerprint density at radius 3 is 2.72 bits per heavy atom. The fourth-order valence-electron chi connectivity index (χ4n) is 4.10. The summed E-state index contributed by atoms with van der Waals surface area (Å²) in [6.45, 7) is 2.07. The van der Waals surface area contributed by atoms with E-state index in [0.717, 1.165) is 48.1 Å². The molecule has 1 aromatic heterocycles. The Morgan fingerprint density at radius 1 is 1.20 bits per heavy atom. The molecule has 2 aromatic rings. The van der Waals surface area contributed by atoms with Crippen LogP contribution in [0, 0.1) is 11.8 Å². The van der Waals surface area contributed by atoms with Crippen molar-refractivity contribution in [1.29, 1.82) is 0 Å². The van der Waals surface area contributed by atoms with Crippen LogP contribution in [0.1, 0.15) is 37.3 Å². The molecule has 2 aliphatic rings. The average molecular weight is 354 g/mol. The highest BCUT2D eigenvalue weighted by molar-refractivity contribution is 6.30. The molecule has 1 N–H and O–H groups in total. The molecular weight excluding hydrogens is 334 g/mol. The number of carbonyl (C=O) groups is 1. The molecule has 2 bridgehead atoms. The van der Waals surface area contributed by atoms with Gasteiger partial charge in [-0.05, 0) is 55.0 Å². The van der Waals surface area contributed by atoms with Crippen LogP contribution >= 0.6 is 11.6 Å². The highest BCUT2D eigenvalue weighted by Gasteiger charge is 2.41. The zero-order valence-electron chi connectivity index (χ0n) is 14.1. The van der Waals surface area contributed by atoms with Gasteiger partial charge in [-0.25, -0.2) is 0 Å². The molecule has 1 heterocycles. The first kappa shape index (κ1) is 16.3. The standard InChI is InChI=1S/C21H20ClNO2/c1-2-12-3-4-13(18-8-7-16(22)11-23-18)10-17(12)19-20(24)14-5-6-15(9-14)21(19)25/h3-4,7-8,10-11,14-15,24H,2,5-6,9H2,1H3/t14-,15+/m1/s1. The van der Waals surface area contributed by atoms with Gasteiger partial charge in [-0.15, -0.1) is 0 Å². The number of rotatable bonds is 3. The second kappa shape index (κ2) is 6.30. The molecule has 4 heteroatoms. The van der Waals surface area contributed by atoms with E-state index in [4.69, 9.17) is 11.6 Å². The summed E-state index contributed by atoms with van der Waals surface area (Å²) in [6, 6.07) is 9.71. The van der Waals surface area contributed by atoms with Crippen molar-refractivity contribution in [2.75, 3.05) is 0 Å². The summed E-state index contributed by atoms with van der Waals surface area (Å²) in [5, 5.41) is 11.3. The topological polar surface area (TPSA) is 50.2 Å². The lowest BCUT2D eigenvalue weighted by Gasteiger charge is -2.23. The highest BCUT2D eigenvalue weighted by Crippen LogP contribution is 2.46. The Balaban J connectivity index is 1.86. The Hall–Kier alpha value is -2.13. The van der Waals surface area contributed by atoms with Gasteiger partial charge in [0.2, 0.25) is 0 Å². The average Bonchev–Trinajstić information content (AvgIpc) is 3.08. The number of Topliss-reactive ketones (excluding diaryl/α,β-unsaturated/α-hetero) is 1. The molecule has 0 amide bonds. The predicted molar refractivity (Wildman–Crippen MR) is 99.4 cm³/mol. The van der Waals surface area contributed by atoms with E-state index in [0.29, 0.717) is 10.6 Å². The van der Waals surface area contributed by atoms with Crippen molar-refractivity contribution in [3.63, 3.8) is 0 Å². The summed E-state index contributed by atoms with van der Waals surface area (Å²) >= 11 is 5.93. The lowest BCUT2D eigenvalue weighted by molar-refractivity contribution is -0.117. The number of ketones is 1. The van der Waals surface area contributed by atoms with Crippen LogP contribution in [-0.2, 0) is 11.2 Å². The Morgan fingerprint density at radius 2 is 2.00 bits per heavy atom. The Kier molecular flexibility index (Phi) is 4.12. The minimum absolute atomic E-state index is 0.0675. The van der Waals surface area contributed by atoms with E-state index < -0.39 is 0 Å². The summed E-state index contributed by atoms with van der Waals surface area (Å²) in [5.41, 5.74) is 4.20. The smallest absolute Gasteiger partial charge is 0.169 e. The molecular formula is C21H20ClNO2. The molecule has 1 saturated carbocycles. The third-order valence-corrected chi connectivity index (χ3v) is 5.70. The van der Waals surface area contributed by atoms with E-state index in [1.165, 1.54) is 0 Å². The summed E-state index contributed by atoms with van der Waals surface area (Å²) in [7, 11) is 0. The number of aliphatic hydroxyl groups is 1. The van der Waals surface area contributed by atoms with E-state index >= 15 is 0 Å². The van der Waals surface area contributed by atoms with Crippen molar-refractivity contribution in [2.45, 2.75) is 32.6 Å². The molecule has 0 saturated heterocycles. The van der Waals surface area contributed by atoms with Gasteiger partial charge in [0, 0.05) is 23.6 Å². The molecule has 2 atom stereocenters. The highest BCUT2D eigenvalue weighted by atomic mass is 35.5. The quantitative estimate of drug-likeness (QED) is 0.821. The van der Waals surface area contributed by atoms with Gasteiger partial charge in [-0.2, -0.15) is 0 Å². The van der Waals surface area contributed by atoms with Crippen LogP contribution in [0.3, 0.4) is 0 Å². The minimum atomic E-state index is 0.0675. The molecule has 1 fully saturated rings. The second-order valence-electron chi connectivity index (χ2n) is 6.92. The van der Waals surface area contributed by atoms with E-state index in [2.05, 4.69) is 11.9 Å². The predicted octanol–water partition coefficient (Wildman–Crippen LogP) is 5.23. The molecule has 3 nitrogen and oxygen atoms in total. The van der Waals surface area contributed by atoms with E-state index in [-0.39, 0.29) is 23.4 Å². The maximum atomic E-state index is 12.9. The third-order valence-electron chi connectivity index (χ3n) is 5.48. The van der Waals surface area contributed by atoms with Crippen LogP contribution in [0.25, 0.3) is 16.8 Å². The zero-order chi connectivity index (χ0) is 17.6. The van der Waals surface area contributed by atoms with Gasteiger partial charge in [-0.1, -0.05) is 30.7 Å². The summed E-state index contributed by atoms with van der Waals surface area (Å²) in [5.74, 6) is 0.592. The van der Waals surface area contributed by atoms with Gasteiger partial charge in [0.15, 0.2) is 5.78 Å². The largest absolute Gasteiger partial charge is 0.511 e. The number of pyridine rings is 1. The third kappa shape index (κ3) is 2.77. The van der Waals surface area contributed by atoms with Crippen LogP contribution in [0.15, 0.2) is 42.3 Å². The second-order valence-corrected chi connectivity index (χ2v) is 7.35.